The first-order valence-electron chi connectivity index (χ1n) is 3.27. The average Bonchev–Trinajstić information content (AvgIpc) is 2.32. The molecule has 0 amide bonds. The monoisotopic (exact) mass is 191 g/mol. The van der Waals surface area contributed by atoms with Gasteiger partial charge in [-0.25, -0.2) is 4.79 Å². The number of rotatable bonds is 2. The number of carboxylic acid groups (broad SMARTS) is 1. The molecule has 0 unspecified atom stereocenters. The minimum atomic E-state index is -1.04. The van der Waals surface area contributed by atoms with E-state index in [1.807, 2.05) is 13.8 Å². The van der Waals surface area contributed by atoms with Crippen LogP contribution in [0.2, 0.25) is 0 Å². The van der Waals surface area contributed by atoms with Crippen LogP contribution in [0.4, 0.5) is 0 Å². The number of nitrogens with zero attached hydrogens (tertiary/aromatic N) is 2. The molecule has 0 aliphatic carbocycles. The van der Waals surface area contributed by atoms with Crippen LogP contribution in [0.1, 0.15) is 35.9 Å². The lowest BCUT2D eigenvalue weighted by molar-refractivity contribution is 0.0688. The third kappa shape index (κ3) is 1.94. The van der Waals surface area contributed by atoms with Gasteiger partial charge >= 0.3 is 5.97 Å². The van der Waals surface area contributed by atoms with Crippen molar-refractivity contribution in [2.75, 3.05) is 0 Å². The maximum Gasteiger partial charge on any atom is 0.358 e. The Balaban J connectivity index is 0.00000121. The van der Waals surface area contributed by atoms with E-state index in [-0.39, 0.29) is 24.0 Å². The number of H-pyrrole nitrogens is 1. The maximum atomic E-state index is 10.5. The smallest absolute Gasteiger partial charge is 0.358 e. The van der Waals surface area contributed by atoms with Gasteiger partial charge in [0.05, 0.1) is 5.69 Å². The van der Waals surface area contributed by atoms with E-state index in [2.05, 4.69) is 15.4 Å². The Kier molecular flexibility index (Phi) is 3.69. The molecule has 68 valence electrons. The summed E-state index contributed by atoms with van der Waals surface area (Å²) in [6.45, 7) is 3.73. The first-order valence-corrected chi connectivity index (χ1v) is 3.27. The van der Waals surface area contributed by atoms with Crippen molar-refractivity contribution >= 4 is 18.4 Å². The molecule has 5 nitrogen and oxygen atoms in total. The van der Waals surface area contributed by atoms with Gasteiger partial charge in [-0.3, -0.25) is 0 Å². The summed E-state index contributed by atoms with van der Waals surface area (Å²) in [6, 6.07) is 0. The highest BCUT2D eigenvalue weighted by Gasteiger charge is 2.16. The summed E-state index contributed by atoms with van der Waals surface area (Å²) in [7, 11) is 0. The van der Waals surface area contributed by atoms with Gasteiger partial charge in [0.25, 0.3) is 0 Å². The zero-order chi connectivity index (χ0) is 8.43. The quantitative estimate of drug-likeness (QED) is 0.733. The van der Waals surface area contributed by atoms with Crippen molar-refractivity contribution in [3.05, 3.63) is 11.4 Å². The second-order valence-corrected chi connectivity index (χ2v) is 2.52. The van der Waals surface area contributed by atoms with Crippen LogP contribution in [0.15, 0.2) is 0 Å². The second-order valence-electron chi connectivity index (χ2n) is 2.52. The first kappa shape index (κ1) is 10.9. The number of aromatic amines is 1. The molecule has 0 radical (unpaired) electrons. The summed E-state index contributed by atoms with van der Waals surface area (Å²) >= 11 is 0. The molecule has 2 N–H and O–H groups in total. The van der Waals surface area contributed by atoms with Crippen LogP contribution in [-0.2, 0) is 0 Å². The fourth-order valence-corrected chi connectivity index (χ4v) is 0.799. The van der Waals surface area contributed by atoms with Crippen molar-refractivity contribution in [2.24, 2.45) is 0 Å². The van der Waals surface area contributed by atoms with Crippen molar-refractivity contribution in [3.8, 4) is 0 Å². The number of nitrogens with one attached hydrogen (secondary N) is 1. The SMILES string of the molecule is CC(C)c1n[nH]nc1C(=O)O.Cl. The molecule has 12 heavy (non-hydrogen) atoms. The highest BCUT2D eigenvalue weighted by molar-refractivity contribution is 5.86. The third-order valence-electron chi connectivity index (χ3n) is 1.32. The predicted molar refractivity (Wildman–Crippen MR) is 44.7 cm³/mol. The summed E-state index contributed by atoms with van der Waals surface area (Å²) in [5.41, 5.74) is 0.512. The lowest BCUT2D eigenvalue weighted by Gasteiger charge is -1.97. The fraction of sp³-hybridized carbons (Fsp3) is 0.500. The Morgan fingerprint density at radius 2 is 2.08 bits per heavy atom. The molecule has 0 saturated heterocycles. The van der Waals surface area contributed by atoms with Gasteiger partial charge < -0.3 is 5.11 Å². The third-order valence-corrected chi connectivity index (χ3v) is 1.32. The van der Waals surface area contributed by atoms with Gasteiger partial charge in [-0.1, -0.05) is 13.8 Å². The summed E-state index contributed by atoms with van der Waals surface area (Å²) in [5.74, 6) is -0.956. The molecular formula is C6H10ClN3O2. The van der Waals surface area contributed by atoms with Crippen LogP contribution in [0.3, 0.4) is 0 Å². The highest BCUT2D eigenvalue weighted by atomic mass is 35.5. The van der Waals surface area contributed by atoms with Gasteiger partial charge in [0.15, 0.2) is 5.69 Å². The van der Waals surface area contributed by atoms with E-state index < -0.39 is 5.97 Å². The van der Waals surface area contributed by atoms with Crippen LogP contribution in [0.5, 0.6) is 0 Å². The first-order chi connectivity index (χ1) is 5.13. The van der Waals surface area contributed by atoms with E-state index in [0.717, 1.165) is 0 Å². The molecule has 0 fully saturated rings. The van der Waals surface area contributed by atoms with E-state index in [0.29, 0.717) is 5.69 Å². The second kappa shape index (κ2) is 4.06. The molecule has 0 aliphatic heterocycles. The average molecular weight is 192 g/mol. The zero-order valence-corrected chi connectivity index (χ0v) is 7.55. The number of hydrogen-bond donors (Lipinski definition) is 2. The summed E-state index contributed by atoms with van der Waals surface area (Å²) in [6.07, 6.45) is 0. The predicted octanol–water partition coefficient (Wildman–Crippen LogP) is 1.05. The molecular weight excluding hydrogens is 182 g/mol. The van der Waals surface area contributed by atoms with Crippen LogP contribution < -0.4 is 0 Å². The van der Waals surface area contributed by atoms with Gasteiger partial charge in [0, 0.05) is 0 Å². The number of hydrogen-bond acceptors (Lipinski definition) is 3. The van der Waals surface area contributed by atoms with Crippen LogP contribution >= 0.6 is 12.4 Å². The number of carboxylic acids is 1. The minimum absolute atomic E-state index is 0. The van der Waals surface area contributed by atoms with Crippen molar-refractivity contribution in [3.63, 3.8) is 0 Å². The molecule has 0 spiro atoms. The van der Waals surface area contributed by atoms with Crippen molar-refractivity contribution in [1.82, 2.24) is 15.4 Å². The molecule has 1 rings (SSSR count). The topological polar surface area (TPSA) is 78.9 Å². The summed E-state index contributed by atoms with van der Waals surface area (Å²) in [5, 5.41) is 18.1. The van der Waals surface area contributed by atoms with E-state index >= 15 is 0 Å². The number of aromatic nitrogens is 3. The Morgan fingerprint density at radius 1 is 1.50 bits per heavy atom. The van der Waals surface area contributed by atoms with Crippen molar-refractivity contribution in [1.29, 1.82) is 0 Å². The Labute approximate surface area is 75.6 Å². The van der Waals surface area contributed by atoms with Gasteiger partial charge in [0.1, 0.15) is 0 Å². The normalized spacial score (nSPS) is 9.58. The molecule has 1 aromatic rings. The molecule has 1 heterocycles. The number of carbonyl (C=O) groups is 1. The zero-order valence-electron chi connectivity index (χ0n) is 6.74. The van der Waals surface area contributed by atoms with E-state index in [4.69, 9.17) is 5.11 Å². The minimum Gasteiger partial charge on any atom is -0.476 e. The molecule has 0 bridgehead atoms. The Hall–Kier alpha value is -1.10. The molecule has 0 aliphatic rings. The lowest BCUT2D eigenvalue weighted by Crippen LogP contribution is -2.02. The van der Waals surface area contributed by atoms with Crippen molar-refractivity contribution < 1.29 is 9.90 Å². The van der Waals surface area contributed by atoms with Gasteiger partial charge in [-0.15, -0.1) is 17.5 Å². The summed E-state index contributed by atoms with van der Waals surface area (Å²) in [4.78, 5) is 10.5. The van der Waals surface area contributed by atoms with Gasteiger partial charge in [-0.2, -0.15) is 10.3 Å². The molecule has 1 aromatic heterocycles. The van der Waals surface area contributed by atoms with Crippen LogP contribution in [0.25, 0.3) is 0 Å². The fourth-order valence-electron chi connectivity index (χ4n) is 0.799. The van der Waals surface area contributed by atoms with E-state index in [1.165, 1.54) is 0 Å². The molecule has 0 atom stereocenters. The van der Waals surface area contributed by atoms with E-state index in [1.54, 1.807) is 0 Å². The van der Waals surface area contributed by atoms with Gasteiger partial charge in [0.2, 0.25) is 0 Å². The van der Waals surface area contributed by atoms with Gasteiger partial charge in [-0.05, 0) is 5.92 Å². The summed E-state index contributed by atoms with van der Waals surface area (Å²) < 4.78 is 0. The van der Waals surface area contributed by atoms with Crippen LogP contribution in [0, 0.1) is 0 Å². The van der Waals surface area contributed by atoms with Crippen molar-refractivity contribution in [2.45, 2.75) is 19.8 Å². The molecule has 0 aromatic carbocycles. The number of halogens is 1. The highest BCUT2D eigenvalue weighted by Crippen LogP contribution is 2.13. The largest absolute Gasteiger partial charge is 0.476 e. The maximum absolute atomic E-state index is 10.5. The Bertz CT molecular complexity index is 272. The Morgan fingerprint density at radius 3 is 2.42 bits per heavy atom. The van der Waals surface area contributed by atoms with Crippen LogP contribution in [-0.4, -0.2) is 26.5 Å². The molecule has 0 saturated carbocycles. The lowest BCUT2D eigenvalue weighted by atomic mass is 10.1. The molecule has 6 heteroatoms. The van der Waals surface area contributed by atoms with E-state index in [9.17, 15) is 4.79 Å². The standard InChI is InChI=1S/C6H9N3O2.ClH/c1-3(2)4-5(6(10)11)8-9-7-4;/h3H,1-2H3,(H,10,11)(H,7,8,9);1H. The number of aromatic carboxylic acids is 1.